The number of hydrogen-bond donors (Lipinski definition) is 2. The Labute approximate surface area is 163 Å². The van der Waals surface area contributed by atoms with Crippen LogP contribution in [-0.2, 0) is 14.3 Å². The van der Waals surface area contributed by atoms with Gasteiger partial charge in [-0.3, -0.25) is 14.4 Å². The van der Waals surface area contributed by atoms with Gasteiger partial charge in [-0.2, -0.15) is 0 Å². The summed E-state index contributed by atoms with van der Waals surface area (Å²) in [6, 6.07) is 7.43. The standard InChI is InChI=1S/C16H12Cl3N3O4/c17-10-4-3-9(6-11(10)18)16(25)21-7-14(24)26-8-13(23)22-12-2-1-5-20-15(12)19/h1-6H,7-8H2,(H,21,25)(H,22,23). The molecular weight excluding hydrogens is 405 g/mol. The van der Waals surface area contributed by atoms with E-state index in [4.69, 9.17) is 39.5 Å². The number of esters is 1. The van der Waals surface area contributed by atoms with Crippen molar-refractivity contribution < 1.29 is 19.1 Å². The van der Waals surface area contributed by atoms with Gasteiger partial charge in [0.05, 0.1) is 15.7 Å². The number of ether oxygens (including phenoxy) is 1. The van der Waals surface area contributed by atoms with Crippen molar-refractivity contribution >= 4 is 58.3 Å². The number of aromatic nitrogens is 1. The summed E-state index contributed by atoms with van der Waals surface area (Å²) in [5.41, 5.74) is 0.527. The largest absolute Gasteiger partial charge is 0.454 e. The molecule has 26 heavy (non-hydrogen) atoms. The monoisotopic (exact) mass is 415 g/mol. The number of anilines is 1. The molecule has 0 atom stereocenters. The number of amides is 2. The minimum Gasteiger partial charge on any atom is -0.454 e. The van der Waals surface area contributed by atoms with Crippen LogP contribution in [0.4, 0.5) is 5.69 Å². The summed E-state index contributed by atoms with van der Waals surface area (Å²) in [5, 5.41) is 5.43. The summed E-state index contributed by atoms with van der Waals surface area (Å²) in [6.45, 7) is -0.952. The van der Waals surface area contributed by atoms with Crippen molar-refractivity contribution in [2.24, 2.45) is 0 Å². The average Bonchev–Trinajstić information content (AvgIpc) is 2.62. The minimum absolute atomic E-state index is 0.112. The molecule has 0 aliphatic rings. The van der Waals surface area contributed by atoms with Crippen molar-refractivity contribution in [1.29, 1.82) is 0 Å². The molecule has 136 valence electrons. The van der Waals surface area contributed by atoms with Crippen molar-refractivity contribution in [3.63, 3.8) is 0 Å². The smallest absolute Gasteiger partial charge is 0.325 e. The predicted molar refractivity (Wildman–Crippen MR) is 97.6 cm³/mol. The molecule has 0 aliphatic carbocycles. The zero-order valence-corrected chi connectivity index (χ0v) is 15.4. The SMILES string of the molecule is O=C(COC(=O)CNC(=O)c1ccc(Cl)c(Cl)c1)Nc1cccnc1Cl. The van der Waals surface area contributed by atoms with Crippen molar-refractivity contribution in [3.05, 3.63) is 57.3 Å². The number of carbonyl (C=O) groups is 3. The Hall–Kier alpha value is -2.35. The average molecular weight is 417 g/mol. The molecule has 2 amide bonds. The fourth-order valence-electron chi connectivity index (χ4n) is 1.75. The minimum atomic E-state index is -0.786. The maximum atomic E-state index is 11.9. The van der Waals surface area contributed by atoms with E-state index in [9.17, 15) is 14.4 Å². The van der Waals surface area contributed by atoms with Crippen LogP contribution >= 0.6 is 34.8 Å². The second-order valence-electron chi connectivity index (χ2n) is 4.86. The number of pyridine rings is 1. The molecule has 10 heteroatoms. The highest BCUT2D eigenvalue weighted by Crippen LogP contribution is 2.22. The lowest BCUT2D eigenvalue weighted by atomic mass is 10.2. The number of benzene rings is 1. The van der Waals surface area contributed by atoms with Gasteiger partial charge in [-0.15, -0.1) is 0 Å². The maximum Gasteiger partial charge on any atom is 0.325 e. The summed E-state index contributed by atoms with van der Waals surface area (Å²) in [6.07, 6.45) is 1.47. The summed E-state index contributed by atoms with van der Waals surface area (Å²) in [5.74, 6) is -1.91. The first-order valence-electron chi connectivity index (χ1n) is 7.16. The third-order valence-electron chi connectivity index (χ3n) is 2.97. The van der Waals surface area contributed by atoms with Crippen LogP contribution in [0.2, 0.25) is 15.2 Å². The van der Waals surface area contributed by atoms with Crippen LogP contribution in [-0.4, -0.2) is 35.9 Å². The van der Waals surface area contributed by atoms with Crippen molar-refractivity contribution in [2.45, 2.75) is 0 Å². The van der Waals surface area contributed by atoms with E-state index in [1.165, 1.54) is 24.4 Å². The molecule has 0 saturated heterocycles. The number of carbonyl (C=O) groups excluding carboxylic acids is 3. The first-order chi connectivity index (χ1) is 12.4. The van der Waals surface area contributed by atoms with E-state index in [-0.39, 0.29) is 15.7 Å². The van der Waals surface area contributed by atoms with Gasteiger partial charge in [0, 0.05) is 11.8 Å². The number of nitrogens with one attached hydrogen (secondary N) is 2. The molecule has 0 spiro atoms. The highest BCUT2D eigenvalue weighted by atomic mass is 35.5. The highest BCUT2D eigenvalue weighted by Gasteiger charge is 2.13. The lowest BCUT2D eigenvalue weighted by Gasteiger charge is -2.08. The molecule has 0 bridgehead atoms. The van der Waals surface area contributed by atoms with E-state index >= 15 is 0 Å². The molecule has 0 unspecified atom stereocenters. The Bertz CT molecular complexity index is 845. The Morgan fingerprint density at radius 2 is 1.85 bits per heavy atom. The van der Waals surface area contributed by atoms with E-state index < -0.39 is 30.9 Å². The Morgan fingerprint density at radius 1 is 1.08 bits per heavy atom. The lowest BCUT2D eigenvalue weighted by Crippen LogP contribution is -2.32. The third-order valence-corrected chi connectivity index (χ3v) is 4.01. The van der Waals surface area contributed by atoms with Crippen molar-refractivity contribution in [1.82, 2.24) is 10.3 Å². The normalized spacial score (nSPS) is 10.1. The molecule has 0 aliphatic heterocycles. The van der Waals surface area contributed by atoms with E-state index in [0.717, 1.165) is 0 Å². The quantitative estimate of drug-likeness (QED) is 0.557. The van der Waals surface area contributed by atoms with Crippen LogP contribution in [0, 0.1) is 0 Å². The number of rotatable bonds is 6. The molecule has 0 radical (unpaired) electrons. The predicted octanol–water partition coefficient (Wildman–Crippen LogP) is 2.95. The van der Waals surface area contributed by atoms with Crippen LogP contribution < -0.4 is 10.6 Å². The molecule has 2 rings (SSSR count). The zero-order valence-electron chi connectivity index (χ0n) is 13.1. The van der Waals surface area contributed by atoms with Crippen LogP contribution in [0.5, 0.6) is 0 Å². The van der Waals surface area contributed by atoms with Crippen LogP contribution in [0.3, 0.4) is 0 Å². The number of hydrogen-bond acceptors (Lipinski definition) is 5. The van der Waals surface area contributed by atoms with Gasteiger partial charge in [0.2, 0.25) is 0 Å². The summed E-state index contributed by atoms with van der Waals surface area (Å²) in [7, 11) is 0. The van der Waals surface area contributed by atoms with Crippen molar-refractivity contribution in [3.8, 4) is 0 Å². The second kappa shape index (κ2) is 9.38. The van der Waals surface area contributed by atoms with Gasteiger partial charge in [-0.05, 0) is 30.3 Å². The van der Waals surface area contributed by atoms with Crippen LogP contribution in [0.1, 0.15) is 10.4 Å². The Balaban J connectivity index is 1.76. The molecule has 1 aromatic heterocycles. The fourth-order valence-corrected chi connectivity index (χ4v) is 2.22. The molecule has 2 N–H and O–H groups in total. The molecule has 2 aromatic rings. The Kier molecular flexibility index (Phi) is 7.20. The first kappa shape index (κ1) is 20.0. The van der Waals surface area contributed by atoms with Crippen molar-refractivity contribution in [2.75, 3.05) is 18.5 Å². The van der Waals surface area contributed by atoms with Gasteiger partial charge in [-0.25, -0.2) is 4.98 Å². The topological polar surface area (TPSA) is 97.4 Å². The fraction of sp³-hybridized carbons (Fsp3) is 0.125. The summed E-state index contributed by atoms with van der Waals surface area (Å²) in [4.78, 5) is 39.0. The molecular formula is C16H12Cl3N3O4. The maximum absolute atomic E-state index is 11.9. The van der Waals surface area contributed by atoms with E-state index in [0.29, 0.717) is 10.7 Å². The van der Waals surface area contributed by atoms with Crippen LogP contribution in [0.15, 0.2) is 36.5 Å². The van der Waals surface area contributed by atoms with Gasteiger partial charge in [0.25, 0.3) is 11.8 Å². The van der Waals surface area contributed by atoms with Gasteiger partial charge in [0.15, 0.2) is 11.8 Å². The van der Waals surface area contributed by atoms with Crippen LogP contribution in [0.25, 0.3) is 0 Å². The zero-order chi connectivity index (χ0) is 19.1. The van der Waals surface area contributed by atoms with Gasteiger partial charge >= 0.3 is 5.97 Å². The summed E-state index contributed by atoms with van der Waals surface area (Å²) < 4.78 is 4.77. The van der Waals surface area contributed by atoms with Gasteiger partial charge in [-0.1, -0.05) is 34.8 Å². The molecule has 1 aromatic carbocycles. The van der Waals surface area contributed by atoms with E-state index in [1.54, 1.807) is 12.1 Å². The number of halogens is 3. The highest BCUT2D eigenvalue weighted by molar-refractivity contribution is 6.42. The molecule has 1 heterocycles. The Morgan fingerprint density at radius 3 is 2.54 bits per heavy atom. The first-order valence-corrected chi connectivity index (χ1v) is 8.29. The second-order valence-corrected chi connectivity index (χ2v) is 6.03. The van der Waals surface area contributed by atoms with E-state index in [2.05, 4.69) is 15.6 Å². The summed E-state index contributed by atoms with van der Waals surface area (Å²) >= 11 is 17.4. The molecule has 0 saturated carbocycles. The van der Waals surface area contributed by atoms with Gasteiger partial charge < -0.3 is 15.4 Å². The third kappa shape index (κ3) is 5.87. The van der Waals surface area contributed by atoms with Gasteiger partial charge in [0.1, 0.15) is 6.54 Å². The van der Waals surface area contributed by atoms with E-state index in [1.807, 2.05) is 0 Å². The molecule has 7 nitrogen and oxygen atoms in total. The molecule has 0 fully saturated rings. The number of nitrogens with zero attached hydrogens (tertiary/aromatic N) is 1. The lowest BCUT2D eigenvalue weighted by molar-refractivity contribution is -0.146.